The molecule has 1 aliphatic rings. The van der Waals surface area contributed by atoms with E-state index in [4.69, 9.17) is 0 Å². The van der Waals surface area contributed by atoms with Crippen molar-refractivity contribution in [2.24, 2.45) is 17.8 Å². The number of nitrogens with zero attached hydrogens (tertiary/aromatic N) is 1. The van der Waals surface area contributed by atoms with Gasteiger partial charge in [0.25, 0.3) is 0 Å². The highest BCUT2D eigenvalue weighted by molar-refractivity contribution is 5.46. The summed E-state index contributed by atoms with van der Waals surface area (Å²) in [6, 6.07) is 7.48. The zero-order valence-electron chi connectivity index (χ0n) is 13.8. The SMILES string of the molecule is CCN(CC1C(C)CC(C)CC1NC)c1ccc(F)cc1. The summed E-state index contributed by atoms with van der Waals surface area (Å²) < 4.78 is 13.1. The summed E-state index contributed by atoms with van der Waals surface area (Å²) in [6.45, 7) is 8.91. The number of benzene rings is 1. The van der Waals surface area contributed by atoms with Crippen molar-refractivity contribution < 1.29 is 4.39 Å². The van der Waals surface area contributed by atoms with Gasteiger partial charge in [-0.1, -0.05) is 13.8 Å². The van der Waals surface area contributed by atoms with Gasteiger partial charge in [0.15, 0.2) is 0 Å². The Morgan fingerprint density at radius 2 is 1.86 bits per heavy atom. The fourth-order valence-corrected chi connectivity index (χ4v) is 3.87. The Balaban J connectivity index is 2.10. The maximum Gasteiger partial charge on any atom is 0.123 e. The average Bonchev–Trinajstić information content (AvgIpc) is 2.47. The minimum atomic E-state index is -0.164. The lowest BCUT2D eigenvalue weighted by atomic mass is 9.72. The molecule has 2 rings (SSSR count). The van der Waals surface area contributed by atoms with Gasteiger partial charge < -0.3 is 10.2 Å². The van der Waals surface area contributed by atoms with E-state index in [9.17, 15) is 4.39 Å². The first-order chi connectivity index (χ1) is 10.0. The second-order valence-corrected chi connectivity index (χ2v) is 6.63. The Hall–Kier alpha value is -1.09. The van der Waals surface area contributed by atoms with Crippen molar-refractivity contribution in [2.75, 3.05) is 25.0 Å². The maximum absolute atomic E-state index is 13.1. The van der Waals surface area contributed by atoms with E-state index in [1.165, 1.54) is 12.8 Å². The minimum absolute atomic E-state index is 0.164. The number of rotatable bonds is 5. The van der Waals surface area contributed by atoms with Crippen LogP contribution >= 0.6 is 0 Å². The summed E-state index contributed by atoms with van der Waals surface area (Å²) in [4.78, 5) is 2.38. The van der Waals surface area contributed by atoms with E-state index in [1.807, 2.05) is 12.1 Å². The van der Waals surface area contributed by atoms with Gasteiger partial charge in [0.1, 0.15) is 5.82 Å². The summed E-state index contributed by atoms with van der Waals surface area (Å²) in [5, 5.41) is 3.52. The van der Waals surface area contributed by atoms with Crippen molar-refractivity contribution in [3.8, 4) is 0 Å². The summed E-state index contributed by atoms with van der Waals surface area (Å²) in [6.07, 6.45) is 2.57. The fourth-order valence-electron chi connectivity index (χ4n) is 3.87. The van der Waals surface area contributed by atoms with Crippen LogP contribution in [0.1, 0.15) is 33.6 Å². The molecule has 2 nitrogen and oxygen atoms in total. The zero-order valence-corrected chi connectivity index (χ0v) is 13.8. The summed E-state index contributed by atoms with van der Waals surface area (Å²) in [7, 11) is 2.08. The van der Waals surface area contributed by atoms with Crippen LogP contribution in [0.15, 0.2) is 24.3 Å². The van der Waals surface area contributed by atoms with Crippen LogP contribution in [-0.4, -0.2) is 26.2 Å². The Labute approximate surface area is 128 Å². The third-order valence-corrected chi connectivity index (χ3v) is 5.05. The standard InChI is InChI=1S/C18H29FN2/c1-5-21(16-8-6-15(19)7-9-16)12-17-14(3)10-13(2)11-18(17)20-4/h6-9,13-14,17-18,20H,5,10-12H2,1-4H3. The second kappa shape index (κ2) is 7.26. The molecule has 1 fully saturated rings. The van der Waals surface area contributed by atoms with Gasteiger partial charge in [0.05, 0.1) is 0 Å². The van der Waals surface area contributed by atoms with E-state index < -0.39 is 0 Å². The highest BCUT2D eigenvalue weighted by Crippen LogP contribution is 2.35. The predicted octanol–water partition coefficient (Wildman–Crippen LogP) is 3.92. The molecule has 3 heteroatoms. The van der Waals surface area contributed by atoms with Crippen molar-refractivity contribution in [2.45, 2.75) is 39.7 Å². The lowest BCUT2D eigenvalue weighted by Gasteiger charge is -2.42. The number of anilines is 1. The van der Waals surface area contributed by atoms with Crippen molar-refractivity contribution in [3.05, 3.63) is 30.1 Å². The van der Waals surface area contributed by atoms with Gasteiger partial charge in [0.2, 0.25) is 0 Å². The van der Waals surface area contributed by atoms with Gasteiger partial charge in [-0.05, 0) is 68.8 Å². The molecule has 0 saturated heterocycles. The molecule has 0 heterocycles. The first kappa shape index (κ1) is 16.3. The molecule has 0 spiro atoms. The predicted molar refractivity (Wildman–Crippen MR) is 88.2 cm³/mol. The maximum atomic E-state index is 13.1. The van der Waals surface area contributed by atoms with Crippen molar-refractivity contribution in [1.82, 2.24) is 5.32 Å². The van der Waals surface area contributed by atoms with Gasteiger partial charge in [-0.2, -0.15) is 0 Å². The molecule has 0 amide bonds. The van der Waals surface area contributed by atoms with Gasteiger partial charge in [-0.3, -0.25) is 0 Å². The molecule has 21 heavy (non-hydrogen) atoms. The normalized spacial score (nSPS) is 29.4. The molecule has 1 N–H and O–H groups in total. The molecule has 1 saturated carbocycles. The highest BCUT2D eigenvalue weighted by atomic mass is 19.1. The first-order valence-corrected chi connectivity index (χ1v) is 8.22. The van der Waals surface area contributed by atoms with E-state index in [0.717, 1.165) is 30.6 Å². The third kappa shape index (κ3) is 3.97. The van der Waals surface area contributed by atoms with Crippen LogP contribution in [0.4, 0.5) is 10.1 Å². The molecule has 118 valence electrons. The van der Waals surface area contributed by atoms with Crippen LogP contribution in [0.25, 0.3) is 0 Å². The molecular formula is C18H29FN2. The van der Waals surface area contributed by atoms with E-state index in [0.29, 0.717) is 12.0 Å². The largest absolute Gasteiger partial charge is 0.371 e. The second-order valence-electron chi connectivity index (χ2n) is 6.63. The van der Waals surface area contributed by atoms with Crippen LogP contribution in [0.5, 0.6) is 0 Å². The van der Waals surface area contributed by atoms with Gasteiger partial charge in [-0.25, -0.2) is 4.39 Å². The fraction of sp³-hybridized carbons (Fsp3) is 0.667. The highest BCUT2D eigenvalue weighted by Gasteiger charge is 2.34. The molecule has 4 atom stereocenters. The Kier molecular flexibility index (Phi) is 5.63. The monoisotopic (exact) mass is 292 g/mol. The minimum Gasteiger partial charge on any atom is -0.371 e. The van der Waals surface area contributed by atoms with Gasteiger partial charge >= 0.3 is 0 Å². The number of nitrogens with one attached hydrogen (secondary N) is 1. The lowest BCUT2D eigenvalue weighted by molar-refractivity contribution is 0.158. The summed E-state index contributed by atoms with van der Waals surface area (Å²) >= 11 is 0. The van der Waals surface area contributed by atoms with E-state index in [-0.39, 0.29) is 5.82 Å². The molecule has 1 aliphatic carbocycles. The first-order valence-electron chi connectivity index (χ1n) is 8.22. The molecule has 0 bridgehead atoms. The Bertz CT molecular complexity index is 431. The number of halogens is 1. The molecular weight excluding hydrogens is 263 g/mol. The molecule has 4 unspecified atom stereocenters. The van der Waals surface area contributed by atoms with E-state index in [2.05, 4.69) is 38.0 Å². The van der Waals surface area contributed by atoms with E-state index >= 15 is 0 Å². The number of hydrogen-bond acceptors (Lipinski definition) is 2. The van der Waals surface area contributed by atoms with Crippen LogP contribution in [0.2, 0.25) is 0 Å². The van der Waals surface area contributed by atoms with Crippen LogP contribution < -0.4 is 10.2 Å². The van der Waals surface area contributed by atoms with Crippen molar-refractivity contribution in [3.63, 3.8) is 0 Å². The Morgan fingerprint density at radius 3 is 2.43 bits per heavy atom. The van der Waals surface area contributed by atoms with Crippen molar-refractivity contribution >= 4 is 5.69 Å². The summed E-state index contributed by atoms with van der Waals surface area (Å²) in [5.41, 5.74) is 1.12. The number of hydrogen-bond donors (Lipinski definition) is 1. The van der Waals surface area contributed by atoms with E-state index in [1.54, 1.807) is 12.1 Å². The molecule has 0 aliphatic heterocycles. The van der Waals surface area contributed by atoms with Crippen molar-refractivity contribution in [1.29, 1.82) is 0 Å². The molecule has 0 radical (unpaired) electrons. The topological polar surface area (TPSA) is 15.3 Å². The smallest absolute Gasteiger partial charge is 0.123 e. The summed E-state index contributed by atoms with van der Waals surface area (Å²) in [5.74, 6) is 2.01. The van der Waals surface area contributed by atoms with Crippen LogP contribution in [0.3, 0.4) is 0 Å². The van der Waals surface area contributed by atoms with Gasteiger partial charge in [0, 0.05) is 24.8 Å². The molecule has 1 aromatic carbocycles. The third-order valence-electron chi connectivity index (χ3n) is 5.05. The zero-order chi connectivity index (χ0) is 15.4. The van der Waals surface area contributed by atoms with Crippen LogP contribution in [0, 0.1) is 23.6 Å². The molecule has 1 aromatic rings. The van der Waals surface area contributed by atoms with Crippen LogP contribution in [-0.2, 0) is 0 Å². The molecule has 0 aromatic heterocycles. The lowest BCUT2D eigenvalue weighted by Crippen LogP contribution is -2.48. The Morgan fingerprint density at radius 1 is 1.19 bits per heavy atom. The van der Waals surface area contributed by atoms with Gasteiger partial charge in [-0.15, -0.1) is 0 Å². The average molecular weight is 292 g/mol. The quantitative estimate of drug-likeness (QED) is 0.885.